The molecule has 112 valence electrons. The van der Waals surface area contributed by atoms with Gasteiger partial charge >= 0.3 is 0 Å². The molecule has 6 nitrogen and oxygen atoms in total. The number of nitrogens with two attached hydrogens (primary N) is 1. The van der Waals surface area contributed by atoms with Crippen molar-refractivity contribution >= 4 is 11.6 Å². The quantitative estimate of drug-likeness (QED) is 0.919. The molecule has 21 heavy (non-hydrogen) atoms. The van der Waals surface area contributed by atoms with Crippen molar-refractivity contribution in [2.45, 2.75) is 38.1 Å². The average Bonchev–Trinajstić information content (AvgIpc) is 2.90. The first kappa shape index (κ1) is 14.0. The lowest BCUT2D eigenvalue weighted by Gasteiger charge is -2.32. The maximum Gasteiger partial charge on any atom is 0.224 e. The first-order valence-corrected chi connectivity index (χ1v) is 7.48. The van der Waals surface area contributed by atoms with Crippen LogP contribution in [0.4, 0.5) is 0 Å². The van der Waals surface area contributed by atoms with Gasteiger partial charge in [-0.2, -0.15) is 0 Å². The normalized spacial score (nSPS) is 20.7. The molecule has 2 aromatic rings. The van der Waals surface area contributed by atoms with Crippen molar-refractivity contribution in [3.63, 3.8) is 0 Å². The zero-order valence-corrected chi connectivity index (χ0v) is 12.3. The fourth-order valence-corrected chi connectivity index (χ4v) is 2.96. The van der Waals surface area contributed by atoms with Crippen molar-refractivity contribution in [1.82, 2.24) is 19.5 Å². The van der Waals surface area contributed by atoms with Crippen LogP contribution in [0.3, 0.4) is 0 Å². The van der Waals surface area contributed by atoms with Gasteiger partial charge in [-0.25, -0.2) is 0 Å². The molecule has 2 N–H and O–H groups in total. The van der Waals surface area contributed by atoms with E-state index >= 15 is 0 Å². The topological polar surface area (TPSA) is 76.5 Å². The Labute approximate surface area is 123 Å². The van der Waals surface area contributed by atoms with E-state index in [0.29, 0.717) is 13.0 Å². The molecule has 0 radical (unpaired) electrons. The second kappa shape index (κ2) is 5.81. The molecule has 1 aliphatic rings. The van der Waals surface area contributed by atoms with E-state index in [4.69, 9.17) is 5.73 Å². The number of aromatic nitrogens is 3. The summed E-state index contributed by atoms with van der Waals surface area (Å²) < 4.78 is 2.02. The largest absolute Gasteiger partial charge is 0.342 e. The van der Waals surface area contributed by atoms with E-state index in [2.05, 4.69) is 10.2 Å². The fraction of sp³-hybridized carbons (Fsp3) is 0.533. The van der Waals surface area contributed by atoms with Gasteiger partial charge in [0.25, 0.3) is 0 Å². The molecular formula is C15H21N5O. The highest BCUT2D eigenvalue weighted by molar-refractivity contribution is 5.77. The van der Waals surface area contributed by atoms with Gasteiger partial charge in [0.05, 0.1) is 0 Å². The molecule has 2 unspecified atom stereocenters. The van der Waals surface area contributed by atoms with Gasteiger partial charge in [0, 0.05) is 37.7 Å². The van der Waals surface area contributed by atoms with E-state index in [0.717, 1.165) is 30.9 Å². The van der Waals surface area contributed by atoms with Gasteiger partial charge in [-0.15, -0.1) is 10.2 Å². The molecule has 1 amide bonds. The highest BCUT2D eigenvalue weighted by atomic mass is 16.2. The van der Waals surface area contributed by atoms with Crippen LogP contribution in [0.5, 0.6) is 0 Å². The maximum atomic E-state index is 12.2. The summed E-state index contributed by atoms with van der Waals surface area (Å²) >= 11 is 0. The number of hydrogen-bond donors (Lipinski definition) is 1. The number of amides is 1. The number of likely N-dealkylation sites (tertiary alicyclic amines) is 1. The van der Waals surface area contributed by atoms with Gasteiger partial charge in [-0.3, -0.25) is 9.20 Å². The third-order valence-corrected chi connectivity index (χ3v) is 3.98. The SMILES string of the molecule is CC(N)CC(=O)N1CCCC(c2nnc3ccccn23)C1. The second-order valence-corrected chi connectivity index (χ2v) is 5.85. The van der Waals surface area contributed by atoms with Crippen molar-refractivity contribution in [1.29, 1.82) is 0 Å². The van der Waals surface area contributed by atoms with Crippen molar-refractivity contribution in [2.24, 2.45) is 5.73 Å². The number of carbonyl (C=O) groups is 1. The summed E-state index contributed by atoms with van der Waals surface area (Å²) in [6.07, 6.45) is 4.43. The smallest absolute Gasteiger partial charge is 0.224 e. The Kier molecular flexibility index (Phi) is 3.88. The molecule has 1 fully saturated rings. The standard InChI is InChI=1S/C15H21N5O/c1-11(16)9-14(21)19-7-4-5-12(10-19)15-18-17-13-6-2-3-8-20(13)15/h2-3,6,8,11-12H,4-5,7,9-10,16H2,1H3. The summed E-state index contributed by atoms with van der Waals surface area (Å²) in [6.45, 7) is 3.39. The van der Waals surface area contributed by atoms with E-state index in [9.17, 15) is 4.79 Å². The minimum atomic E-state index is -0.0909. The Morgan fingerprint density at radius 3 is 3.14 bits per heavy atom. The fourth-order valence-electron chi connectivity index (χ4n) is 2.96. The summed E-state index contributed by atoms with van der Waals surface area (Å²) in [5.41, 5.74) is 6.58. The molecule has 0 spiro atoms. The van der Waals surface area contributed by atoms with Gasteiger partial charge in [0.15, 0.2) is 5.65 Å². The van der Waals surface area contributed by atoms with Crippen LogP contribution in [-0.2, 0) is 4.79 Å². The first-order chi connectivity index (χ1) is 10.1. The van der Waals surface area contributed by atoms with Crippen molar-refractivity contribution in [2.75, 3.05) is 13.1 Å². The number of piperidine rings is 1. The molecule has 1 saturated heterocycles. The lowest BCUT2D eigenvalue weighted by atomic mass is 9.96. The third kappa shape index (κ3) is 2.90. The van der Waals surface area contributed by atoms with Crippen LogP contribution in [0, 0.1) is 0 Å². The molecule has 2 atom stereocenters. The number of hydrogen-bond acceptors (Lipinski definition) is 4. The van der Waals surface area contributed by atoms with Crippen LogP contribution in [0.25, 0.3) is 5.65 Å². The monoisotopic (exact) mass is 287 g/mol. The van der Waals surface area contributed by atoms with Crippen molar-refractivity contribution in [3.05, 3.63) is 30.2 Å². The van der Waals surface area contributed by atoms with Crippen molar-refractivity contribution < 1.29 is 4.79 Å². The van der Waals surface area contributed by atoms with Crippen molar-refractivity contribution in [3.8, 4) is 0 Å². The molecular weight excluding hydrogens is 266 g/mol. The molecule has 3 rings (SSSR count). The zero-order valence-electron chi connectivity index (χ0n) is 12.3. The lowest BCUT2D eigenvalue weighted by Crippen LogP contribution is -2.41. The van der Waals surface area contributed by atoms with Crippen LogP contribution < -0.4 is 5.73 Å². The van der Waals surface area contributed by atoms with Crippen LogP contribution in [0.2, 0.25) is 0 Å². The molecule has 0 bridgehead atoms. The Balaban J connectivity index is 1.78. The highest BCUT2D eigenvalue weighted by Gasteiger charge is 2.27. The Hall–Kier alpha value is -1.95. The van der Waals surface area contributed by atoms with E-state index in [-0.39, 0.29) is 17.9 Å². The van der Waals surface area contributed by atoms with E-state index in [1.54, 1.807) is 0 Å². The van der Waals surface area contributed by atoms with Gasteiger partial charge in [0.1, 0.15) is 5.82 Å². The maximum absolute atomic E-state index is 12.2. The number of rotatable bonds is 3. The molecule has 0 saturated carbocycles. The molecule has 2 aromatic heterocycles. The minimum absolute atomic E-state index is 0.0909. The highest BCUT2D eigenvalue weighted by Crippen LogP contribution is 2.26. The third-order valence-electron chi connectivity index (χ3n) is 3.98. The Morgan fingerprint density at radius 2 is 2.33 bits per heavy atom. The summed E-state index contributed by atoms with van der Waals surface area (Å²) in [5, 5.41) is 8.53. The summed E-state index contributed by atoms with van der Waals surface area (Å²) in [5.74, 6) is 1.33. The number of carbonyl (C=O) groups excluding carboxylic acids is 1. The summed E-state index contributed by atoms with van der Waals surface area (Å²) in [4.78, 5) is 14.1. The Morgan fingerprint density at radius 1 is 1.48 bits per heavy atom. The summed E-state index contributed by atoms with van der Waals surface area (Å²) in [6, 6.07) is 5.78. The number of fused-ring (bicyclic) bond motifs is 1. The van der Waals surface area contributed by atoms with Crippen LogP contribution in [0.15, 0.2) is 24.4 Å². The molecule has 1 aliphatic heterocycles. The van der Waals surface area contributed by atoms with Gasteiger partial charge in [-0.05, 0) is 31.9 Å². The second-order valence-electron chi connectivity index (χ2n) is 5.85. The van der Waals surface area contributed by atoms with Crippen LogP contribution >= 0.6 is 0 Å². The average molecular weight is 287 g/mol. The van der Waals surface area contributed by atoms with Gasteiger partial charge in [0.2, 0.25) is 5.91 Å². The number of nitrogens with zero attached hydrogens (tertiary/aromatic N) is 4. The molecule has 3 heterocycles. The van der Waals surface area contributed by atoms with Gasteiger partial charge in [-0.1, -0.05) is 6.07 Å². The first-order valence-electron chi connectivity index (χ1n) is 7.48. The van der Waals surface area contributed by atoms with E-state index in [1.165, 1.54) is 0 Å². The van der Waals surface area contributed by atoms with E-state index < -0.39 is 0 Å². The summed E-state index contributed by atoms with van der Waals surface area (Å²) in [7, 11) is 0. The minimum Gasteiger partial charge on any atom is -0.342 e. The van der Waals surface area contributed by atoms with Crippen LogP contribution in [-0.4, -0.2) is 44.5 Å². The molecule has 6 heteroatoms. The molecule has 0 aliphatic carbocycles. The lowest BCUT2D eigenvalue weighted by molar-refractivity contribution is -0.132. The Bertz CT molecular complexity index is 636. The predicted octanol–water partition coefficient (Wildman–Crippen LogP) is 1.17. The number of pyridine rings is 1. The molecule has 0 aromatic carbocycles. The predicted molar refractivity (Wildman–Crippen MR) is 79.8 cm³/mol. The van der Waals surface area contributed by atoms with Crippen LogP contribution in [0.1, 0.15) is 37.9 Å². The van der Waals surface area contributed by atoms with Gasteiger partial charge < -0.3 is 10.6 Å². The van der Waals surface area contributed by atoms with E-state index in [1.807, 2.05) is 40.6 Å². The zero-order chi connectivity index (χ0) is 14.8.